The summed E-state index contributed by atoms with van der Waals surface area (Å²) in [6, 6.07) is 6.66. The lowest BCUT2D eigenvalue weighted by atomic mass is 9.93. The van der Waals surface area contributed by atoms with E-state index < -0.39 is 6.10 Å². The Hall–Kier alpha value is -1.22. The number of benzene rings is 1. The molecule has 1 aliphatic carbocycles. The van der Waals surface area contributed by atoms with Gasteiger partial charge in [0.05, 0.1) is 13.2 Å². The van der Waals surface area contributed by atoms with Crippen LogP contribution in [0.5, 0.6) is 5.75 Å². The molecule has 1 aliphatic rings. The quantitative estimate of drug-likeness (QED) is 0.885. The Morgan fingerprint density at radius 1 is 1.30 bits per heavy atom. The fourth-order valence-electron chi connectivity index (χ4n) is 3.40. The highest BCUT2D eigenvalue weighted by atomic mass is 16.5. The number of hydrogen-bond acceptors (Lipinski definition) is 3. The van der Waals surface area contributed by atoms with Crippen molar-refractivity contribution in [3.05, 3.63) is 23.8 Å². The summed E-state index contributed by atoms with van der Waals surface area (Å²) in [6.45, 7) is 4.98. The molecule has 0 radical (unpaired) electrons. The highest BCUT2D eigenvalue weighted by molar-refractivity contribution is 5.61. The Morgan fingerprint density at radius 2 is 2.00 bits per heavy atom. The van der Waals surface area contributed by atoms with Crippen LogP contribution in [0.15, 0.2) is 18.2 Å². The first-order chi connectivity index (χ1) is 9.69. The van der Waals surface area contributed by atoms with Gasteiger partial charge in [-0.2, -0.15) is 0 Å². The van der Waals surface area contributed by atoms with E-state index >= 15 is 0 Å². The summed E-state index contributed by atoms with van der Waals surface area (Å²) >= 11 is 0. The van der Waals surface area contributed by atoms with Gasteiger partial charge in [-0.15, -0.1) is 0 Å². The normalized spacial score (nSPS) is 17.8. The summed E-state index contributed by atoms with van der Waals surface area (Å²) in [7, 11) is 1.67. The van der Waals surface area contributed by atoms with Crippen molar-refractivity contribution >= 4 is 5.69 Å². The SMILES string of the molecule is CCN(c1cccc(OC)c1[C@@H](C)O)C1CCCCC1. The lowest BCUT2D eigenvalue weighted by molar-refractivity contribution is 0.194. The number of aliphatic hydroxyl groups excluding tert-OH is 1. The van der Waals surface area contributed by atoms with Crippen LogP contribution in [0.1, 0.15) is 57.6 Å². The number of hydrogen-bond donors (Lipinski definition) is 1. The van der Waals surface area contributed by atoms with Gasteiger partial charge in [-0.05, 0) is 38.8 Å². The molecule has 0 amide bonds. The number of rotatable bonds is 5. The summed E-state index contributed by atoms with van der Waals surface area (Å²) in [5, 5.41) is 10.2. The Labute approximate surface area is 122 Å². The average Bonchev–Trinajstić information content (AvgIpc) is 2.48. The van der Waals surface area contributed by atoms with E-state index in [9.17, 15) is 5.11 Å². The second-order valence-corrected chi connectivity index (χ2v) is 5.65. The molecule has 1 N–H and O–H groups in total. The maximum atomic E-state index is 10.2. The van der Waals surface area contributed by atoms with Gasteiger partial charge >= 0.3 is 0 Å². The summed E-state index contributed by atoms with van der Waals surface area (Å²) in [5.41, 5.74) is 2.05. The van der Waals surface area contributed by atoms with Crippen molar-refractivity contribution in [2.24, 2.45) is 0 Å². The highest BCUT2D eigenvalue weighted by Gasteiger charge is 2.24. The molecule has 1 fully saturated rings. The summed E-state index contributed by atoms with van der Waals surface area (Å²) in [5.74, 6) is 0.784. The topological polar surface area (TPSA) is 32.7 Å². The fourth-order valence-corrected chi connectivity index (χ4v) is 3.40. The van der Waals surface area contributed by atoms with E-state index in [-0.39, 0.29) is 0 Å². The maximum absolute atomic E-state index is 10.2. The molecular weight excluding hydrogens is 250 g/mol. The lowest BCUT2D eigenvalue weighted by Gasteiger charge is -2.37. The van der Waals surface area contributed by atoms with Gasteiger partial charge in [0.2, 0.25) is 0 Å². The van der Waals surface area contributed by atoms with Gasteiger partial charge in [-0.3, -0.25) is 0 Å². The van der Waals surface area contributed by atoms with E-state index in [0.29, 0.717) is 6.04 Å². The second-order valence-electron chi connectivity index (χ2n) is 5.65. The van der Waals surface area contributed by atoms with Gasteiger partial charge in [0.1, 0.15) is 5.75 Å². The van der Waals surface area contributed by atoms with Crippen LogP contribution in [-0.4, -0.2) is 24.8 Å². The van der Waals surface area contributed by atoms with Gasteiger partial charge in [0.15, 0.2) is 0 Å². The molecule has 1 aromatic carbocycles. The first-order valence-electron chi connectivity index (χ1n) is 7.80. The molecule has 0 bridgehead atoms. The van der Waals surface area contributed by atoms with E-state index in [2.05, 4.69) is 17.9 Å². The summed E-state index contributed by atoms with van der Waals surface area (Å²) in [4.78, 5) is 2.45. The van der Waals surface area contributed by atoms with Crippen molar-refractivity contribution < 1.29 is 9.84 Å². The average molecular weight is 277 g/mol. The third-order valence-electron chi connectivity index (χ3n) is 4.35. The third-order valence-corrected chi connectivity index (χ3v) is 4.35. The Morgan fingerprint density at radius 3 is 2.55 bits per heavy atom. The first kappa shape index (κ1) is 15.2. The zero-order chi connectivity index (χ0) is 14.5. The highest BCUT2D eigenvalue weighted by Crippen LogP contribution is 2.37. The van der Waals surface area contributed by atoms with E-state index in [1.54, 1.807) is 7.11 Å². The monoisotopic (exact) mass is 277 g/mol. The van der Waals surface area contributed by atoms with Crippen LogP contribution in [0, 0.1) is 0 Å². The van der Waals surface area contributed by atoms with Gasteiger partial charge in [0.25, 0.3) is 0 Å². The minimum Gasteiger partial charge on any atom is -0.496 e. The van der Waals surface area contributed by atoms with Gasteiger partial charge in [-0.25, -0.2) is 0 Å². The van der Waals surface area contributed by atoms with Crippen LogP contribution in [-0.2, 0) is 0 Å². The van der Waals surface area contributed by atoms with Crippen molar-refractivity contribution in [1.29, 1.82) is 0 Å². The number of aliphatic hydroxyl groups is 1. The van der Waals surface area contributed by atoms with Crippen molar-refractivity contribution in [1.82, 2.24) is 0 Å². The smallest absolute Gasteiger partial charge is 0.126 e. The van der Waals surface area contributed by atoms with Crippen molar-refractivity contribution in [2.75, 3.05) is 18.6 Å². The molecule has 0 heterocycles. The molecule has 20 heavy (non-hydrogen) atoms. The van der Waals surface area contributed by atoms with E-state index in [1.165, 1.54) is 32.1 Å². The van der Waals surface area contributed by atoms with E-state index in [0.717, 1.165) is 23.5 Å². The molecule has 1 atom stereocenters. The molecule has 3 heteroatoms. The molecule has 0 aromatic heterocycles. The third kappa shape index (κ3) is 3.09. The Kier molecular flexibility index (Phi) is 5.30. The molecule has 1 saturated carbocycles. The number of methoxy groups -OCH3 is 1. The Bertz CT molecular complexity index is 425. The molecular formula is C17H27NO2. The predicted molar refractivity (Wildman–Crippen MR) is 83.5 cm³/mol. The molecule has 0 unspecified atom stereocenters. The van der Waals surface area contributed by atoms with Crippen LogP contribution in [0.4, 0.5) is 5.69 Å². The van der Waals surface area contributed by atoms with Crippen LogP contribution in [0.3, 0.4) is 0 Å². The standard InChI is InChI=1S/C17H27NO2/c1-4-18(14-9-6-5-7-10-14)15-11-8-12-16(20-3)17(15)13(2)19/h8,11-14,19H,4-7,9-10H2,1-3H3/t13-/m1/s1. The van der Waals surface area contributed by atoms with Gasteiger partial charge in [0, 0.05) is 23.8 Å². The number of anilines is 1. The molecule has 3 nitrogen and oxygen atoms in total. The van der Waals surface area contributed by atoms with Gasteiger partial charge in [-0.1, -0.05) is 25.3 Å². The molecule has 112 valence electrons. The maximum Gasteiger partial charge on any atom is 0.126 e. The van der Waals surface area contributed by atoms with Gasteiger partial charge < -0.3 is 14.7 Å². The van der Waals surface area contributed by atoms with Crippen molar-refractivity contribution in [3.63, 3.8) is 0 Å². The minimum absolute atomic E-state index is 0.515. The lowest BCUT2D eigenvalue weighted by Crippen LogP contribution is -2.37. The van der Waals surface area contributed by atoms with E-state index in [4.69, 9.17) is 4.74 Å². The zero-order valence-corrected chi connectivity index (χ0v) is 12.9. The number of nitrogens with zero attached hydrogens (tertiary/aromatic N) is 1. The van der Waals surface area contributed by atoms with Crippen LogP contribution in [0.25, 0.3) is 0 Å². The molecule has 0 spiro atoms. The molecule has 2 rings (SSSR count). The fraction of sp³-hybridized carbons (Fsp3) is 0.647. The van der Waals surface area contributed by atoms with Crippen LogP contribution in [0.2, 0.25) is 0 Å². The minimum atomic E-state index is -0.515. The molecule has 0 saturated heterocycles. The summed E-state index contributed by atoms with van der Waals surface area (Å²) < 4.78 is 5.44. The zero-order valence-electron chi connectivity index (χ0n) is 12.9. The first-order valence-corrected chi connectivity index (χ1v) is 7.80. The summed E-state index contributed by atoms with van der Waals surface area (Å²) in [6.07, 6.45) is 5.98. The predicted octanol–water partition coefficient (Wildman–Crippen LogP) is 3.91. The van der Waals surface area contributed by atoms with E-state index in [1.807, 2.05) is 19.1 Å². The molecule has 1 aromatic rings. The van der Waals surface area contributed by atoms with Crippen molar-refractivity contribution in [2.45, 2.75) is 58.1 Å². The van der Waals surface area contributed by atoms with Crippen LogP contribution < -0.4 is 9.64 Å². The number of ether oxygens (including phenoxy) is 1. The van der Waals surface area contributed by atoms with Crippen LogP contribution >= 0.6 is 0 Å². The Balaban J connectivity index is 2.37. The molecule has 0 aliphatic heterocycles. The second kappa shape index (κ2) is 6.98. The largest absolute Gasteiger partial charge is 0.496 e. The van der Waals surface area contributed by atoms with Crippen molar-refractivity contribution in [3.8, 4) is 5.75 Å².